The number of ether oxygens (including phenoxy) is 1. The van der Waals surface area contributed by atoms with Gasteiger partial charge in [0.15, 0.2) is 0 Å². The summed E-state index contributed by atoms with van der Waals surface area (Å²) >= 11 is 0. The van der Waals surface area contributed by atoms with Crippen molar-refractivity contribution in [3.8, 4) is 5.75 Å². The van der Waals surface area contributed by atoms with Crippen molar-refractivity contribution in [1.29, 1.82) is 0 Å². The highest BCUT2D eigenvalue weighted by molar-refractivity contribution is 5.27. The van der Waals surface area contributed by atoms with E-state index in [0.717, 1.165) is 25.0 Å². The van der Waals surface area contributed by atoms with E-state index >= 15 is 0 Å². The van der Waals surface area contributed by atoms with Gasteiger partial charge in [0.05, 0.1) is 7.11 Å². The van der Waals surface area contributed by atoms with E-state index in [4.69, 9.17) is 15.6 Å². The van der Waals surface area contributed by atoms with E-state index in [1.165, 1.54) is 5.56 Å². The lowest BCUT2D eigenvalue weighted by atomic mass is 10.0. The van der Waals surface area contributed by atoms with Crippen LogP contribution in [0, 0.1) is 0 Å². The van der Waals surface area contributed by atoms with Gasteiger partial charge in [-0.2, -0.15) is 0 Å². The fraction of sp³-hybridized carbons (Fsp3) is 0.500. The Labute approximate surface area is 90.9 Å². The Morgan fingerprint density at radius 3 is 2.53 bits per heavy atom. The molecule has 1 atom stereocenters. The molecule has 0 fully saturated rings. The van der Waals surface area contributed by atoms with Crippen LogP contribution in [0.2, 0.25) is 0 Å². The summed E-state index contributed by atoms with van der Waals surface area (Å²) in [5, 5.41) is 8.68. The van der Waals surface area contributed by atoms with Crippen LogP contribution in [0.4, 0.5) is 0 Å². The number of nitrogens with two attached hydrogens (primary N) is 1. The van der Waals surface area contributed by atoms with Crippen LogP contribution in [0.3, 0.4) is 0 Å². The van der Waals surface area contributed by atoms with Crippen LogP contribution >= 0.6 is 0 Å². The largest absolute Gasteiger partial charge is 0.497 e. The van der Waals surface area contributed by atoms with Crippen LogP contribution in [0.15, 0.2) is 24.3 Å². The molecule has 1 aromatic carbocycles. The Balaban J connectivity index is 2.42. The molecule has 1 rings (SSSR count). The molecule has 0 aliphatic rings. The SMILES string of the molecule is COc1ccc(CC(N)CCCO)cc1. The Hall–Kier alpha value is -1.06. The summed E-state index contributed by atoms with van der Waals surface area (Å²) in [7, 11) is 1.65. The molecule has 3 heteroatoms. The predicted molar refractivity (Wildman–Crippen MR) is 61.0 cm³/mol. The van der Waals surface area contributed by atoms with Gasteiger partial charge in [0.25, 0.3) is 0 Å². The molecule has 0 spiro atoms. The molecule has 84 valence electrons. The first-order valence-electron chi connectivity index (χ1n) is 5.25. The first-order valence-corrected chi connectivity index (χ1v) is 5.25. The topological polar surface area (TPSA) is 55.5 Å². The number of aliphatic hydroxyl groups is 1. The van der Waals surface area contributed by atoms with Crippen LogP contribution in [0.1, 0.15) is 18.4 Å². The van der Waals surface area contributed by atoms with Gasteiger partial charge in [-0.25, -0.2) is 0 Å². The van der Waals surface area contributed by atoms with Crippen molar-refractivity contribution in [1.82, 2.24) is 0 Å². The van der Waals surface area contributed by atoms with E-state index in [2.05, 4.69) is 0 Å². The van der Waals surface area contributed by atoms with Crippen molar-refractivity contribution in [2.24, 2.45) is 5.73 Å². The molecule has 0 radical (unpaired) electrons. The fourth-order valence-electron chi connectivity index (χ4n) is 1.52. The molecule has 0 aromatic heterocycles. The highest BCUT2D eigenvalue weighted by Crippen LogP contribution is 2.13. The molecular formula is C12H19NO2. The smallest absolute Gasteiger partial charge is 0.118 e. The van der Waals surface area contributed by atoms with Gasteiger partial charge in [0.2, 0.25) is 0 Å². The standard InChI is InChI=1S/C12H19NO2/c1-15-12-6-4-10(5-7-12)9-11(13)3-2-8-14/h4-7,11,14H,2-3,8-9,13H2,1H3. The Kier molecular flexibility index (Phi) is 5.15. The van der Waals surface area contributed by atoms with Gasteiger partial charge in [-0.15, -0.1) is 0 Å². The van der Waals surface area contributed by atoms with E-state index < -0.39 is 0 Å². The Morgan fingerprint density at radius 2 is 2.00 bits per heavy atom. The molecule has 0 saturated heterocycles. The summed E-state index contributed by atoms with van der Waals surface area (Å²) in [5.41, 5.74) is 7.13. The minimum atomic E-state index is 0.130. The lowest BCUT2D eigenvalue weighted by Gasteiger charge is -2.10. The van der Waals surface area contributed by atoms with E-state index in [-0.39, 0.29) is 12.6 Å². The quantitative estimate of drug-likeness (QED) is 0.743. The molecule has 3 nitrogen and oxygen atoms in total. The van der Waals surface area contributed by atoms with Gasteiger partial charge in [-0.3, -0.25) is 0 Å². The normalized spacial score (nSPS) is 12.5. The zero-order valence-electron chi connectivity index (χ0n) is 9.15. The summed E-state index contributed by atoms with van der Waals surface area (Å²) in [6.45, 7) is 0.219. The monoisotopic (exact) mass is 209 g/mol. The summed E-state index contributed by atoms with van der Waals surface area (Å²) in [6, 6.07) is 8.06. The Bertz CT molecular complexity index is 271. The predicted octanol–water partition coefficient (Wildman–Crippen LogP) is 1.34. The van der Waals surface area contributed by atoms with Crippen molar-refractivity contribution in [3.05, 3.63) is 29.8 Å². The van der Waals surface area contributed by atoms with Crippen molar-refractivity contribution in [3.63, 3.8) is 0 Å². The van der Waals surface area contributed by atoms with Crippen molar-refractivity contribution in [2.45, 2.75) is 25.3 Å². The summed E-state index contributed by atoms with van der Waals surface area (Å²) in [5.74, 6) is 0.864. The van der Waals surface area contributed by atoms with Crippen LogP contribution in [0.25, 0.3) is 0 Å². The fourth-order valence-corrected chi connectivity index (χ4v) is 1.52. The third kappa shape index (κ3) is 4.32. The molecule has 0 saturated carbocycles. The number of benzene rings is 1. The third-order valence-corrected chi connectivity index (χ3v) is 2.39. The van der Waals surface area contributed by atoms with E-state index in [0.29, 0.717) is 0 Å². The second-order valence-corrected chi connectivity index (χ2v) is 3.68. The average molecular weight is 209 g/mol. The number of aliphatic hydroxyl groups excluding tert-OH is 1. The highest BCUT2D eigenvalue weighted by atomic mass is 16.5. The van der Waals surface area contributed by atoms with Crippen molar-refractivity contribution >= 4 is 0 Å². The number of methoxy groups -OCH3 is 1. The van der Waals surface area contributed by atoms with Gasteiger partial charge in [0, 0.05) is 12.6 Å². The molecular weight excluding hydrogens is 190 g/mol. The minimum Gasteiger partial charge on any atom is -0.497 e. The summed E-state index contributed by atoms with van der Waals surface area (Å²) in [4.78, 5) is 0. The van der Waals surface area contributed by atoms with E-state index in [1.807, 2.05) is 24.3 Å². The van der Waals surface area contributed by atoms with Crippen LogP contribution in [-0.4, -0.2) is 24.9 Å². The third-order valence-electron chi connectivity index (χ3n) is 2.39. The van der Waals surface area contributed by atoms with Gasteiger partial charge in [0.1, 0.15) is 5.75 Å². The van der Waals surface area contributed by atoms with Crippen LogP contribution < -0.4 is 10.5 Å². The van der Waals surface area contributed by atoms with Gasteiger partial charge >= 0.3 is 0 Å². The molecule has 1 aromatic rings. The Morgan fingerprint density at radius 1 is 1.33 bits per heavy atom. The zero-order chi connectivity index (χ0) is 11.1. The molecule has 0 amide bonds. The van der Waals surface area contributed by atoms with Gasteiger partial charge in [-0.1, -0.05) is 12.1 Å². The lowest BCUT2D eigenvalue weighted by Crippen LogP contribution is -2.22. The second-order valence-electron chi connectivity index (χ2n) is 3.68. The maximum atomic E-state index is 8.68. The van der Waals surface area contributed by atoms with Crippen LogP contribution in [0.5, 0.6) is 5.75 Å². The number of hydrogen-bond acceptors (Lipinski definition) is 3. The first-order chi connectivity index (χ1) is 7.26. The minimum absolute atomic E-state index is 0.130. The average Bonchev–Trinajstić information content (AvgIpc) is 2.27. The van der Waals surface area contributed by atoms with E-state index in [1.54, 1.807) is 7.11 Å². The molecule has 3 N–H and O–H groups in total. The lowest BCUT2D eigenvalue weighted by molar-refractivity contribution is 0.279. The van der Waals surface area contributed by atoms with Crippen molar-refractivity contribution in [2.75, 3.05) is 13.7 Å². The highest BCUT2D eigenvalue weighted by Gasteiger charge is 2.03. The van der Waals surface area contributed by atoms with Crippen LogP contribution in [-0.2, 0) is 6.42 Å². The maximum Gasteiger partial charge on any atom is 0.118 e. The second kappa shape index (κ2) is 6.43. The summed E-state index contributed by atoms with van der Waals surface area (Å²) in [6.07, 6.45) is 2.49. The number of rotatable bonds is 6. The molecule has 1 unspecified atom stereocenters. The molecule has 0 heterocycles. The van der Waals surface area contributed by atoms with Crippen molar-refractivity contribution < 1.29 is 9.84 Å². The van der Waals surface area contributed by atoms with Gasteiger partial charge < -0.3 is 15.6 Å². The molecule has 15 heavy (non-hydrogen) atoms. The zero-order valence-corrected chi connectivity index (χ0v) is 9.15. The molecule has 0 aliphatic heterocycles. The summed E-state index contributed by atoms with van der Waals surface area (Å²) < 4.78 is 5.07. The molecule has 0 aliphatic carbocycles. The number of hydrogen-bond donors (Lipinski definition) is 2. The molecule has 0 bridgehead atoms. The van der Waals surface area contributed by atoms with E-state index in [9.17, 15) is 0 Å². The van der Waals surface area contributed by atoms with Gasteiger partial charge in [-0.05, 0) is 37.0 Å². The maximum absolute atomic E-state index is 8.68. The first kappa shape index (κ1) is 12.0.